The SMILES string of the molecule is CCNC(c1ccc(F)c(C)c1)C(CC)(CC)N(C)C. The predicted octanol–water partition coefficient (Wildman–Crippen LogP) is 3.91. The van der Waals surface area contributed by atoms with Crippen molar-refractivity contribution in [2.24, 2.45) is 0 Å². The Morgan fingerprint density at radius 2 is 1.80 bits per heavy atom. The Morgan fingerprint density at radius 3 is 2.20 bits per heavy atom. The third-order valence-corrected chi connectivity index (χ3v) is 4.58. The normalized spacial score (nSPS) is 13.8. The van der Waals surface area contributed by atoms with E-state index in [2.05, 4.69) is 45.1 Å². The van der Waals surface area contributed by atoms with Crippen LogP contribution in [-0.2, 0) is 0 Å². The summed E-state index contributed by atoms with van der Waals surface area (Å²) in [4.78, 5) is 2.30. The number of aryl methyl sites for hydroxylation is 1. The van der Waals surface area contributed by atoms with Crippen LogP contribution in [-0.4, -0.2) is 31.1 Å². The van der Waals surface area contributed by atoms with Crippen molar-refractivity contribution in [3.05, 3.63) is 35.1 Å². The quantitative estimate of drug-likeness (QED) is 0.815. The number of hydrogen-bond acceptors (Lipinski definition) is 2. The molecule has 0 heterocycles. The van der Waals surface area contributed by atoms with Gasteiger partial charge in [0.1, 0.15) is 5.82 Å². The zero-order valence-electron chi connectivity index (χ0n) is 13.8. The fourth-order valence-corrected chi connectivity index (χ4v) is 3.22. The van der Waals surface area contributed by atoms with Gasteiger partial charge in [-0.2, -0.15) is 0 Å². The average Bonchev–Trinajstić information content (AvgIpc) is 2.42. The zero-order chi connectivity index (χ0) is 15.3. The van der Waals surface area contributed by atoms with Crippen LogP contribution in [0.5, 0.6) is 0 Å². The van der Waals surface area contributed by atoms with E-state index in [1.807, 2.05) is 19.1 Å². The van der Waals surface area contributed by atoms with Gasteiger partial charge < -0.3 is 10.2 Å². The van der Waals surface area contributed by atoms with Crippen LogP contribution in [0.3, 0.4) is 0 Å². The van der Waals surface area contributed by atoms with E-state index in [0.29, 0.717) is 5.56 Å². The first-order valence-electron chi connectivity index (χ1n) is 7.59. The van der Waals surface area contributed by atoms with Crippen molar-refractivity contribution in [2.45, 2.75) is 52.1 Å². The number of halogens is 1. The summed E-state index contributed by atoms with van der Waals surface area (Å²) >= 11 is 0. The minimum absolute atomic E-state index is 0.0419. The molecular weight excluding hydrogens is 251 g/mol. The molecule has 0 fully saturated rings. The van der Waals surface area contributed by atoms with Gasteiger partial charge in [-0.25, -0.2) is 4.39 Å². The van der Waals surface area contributed by atoms with E-state index in [-0.39, 0.29) is 17.4 Å². The highest BCUT2D eigenvalue weighted by Crippen LogP contribution is 2.36. The standard InChI is InChI=1S/C17H29FN2/c1-7-17(8-2,20(5)6)16(19-9-3)14-10-11-15(18)13(4)12-14/h10-12,16,19H,7-9H2,1-6H3. The van der Waals surface area contributed by atoms with Crippen molar-refractivity contribution in [3.8, 4) is 0 Å². The van der Waals surface area contributed by atoms with Crippen molar-refractivity contribution in [3.63, 3.8) is 0 Å². The Morgan fingerprint density at radius 1 is 1.20 bits per heavy atom. The second-order valence-electron chi connectivity index (χ2n) is 5.70. The van der Waals surface area contributed by atoms with Gasteiger partial charge in [-0.1, -0.05) is 32.9 Å². The topological polar surface area (TPSA) is 15.3 Å². The average molecular weight is 280 g/mol. The lowest BCUT2D eigenvalue weighted by molar-refractivity contribution is 0.0888. The minimum Gasteiger partial charge on any atom is -0.309 e. The van der Waals surface area contributed by atoms with Gasteiger partial charge in [-0.05, 0) is 57.6 Å². The third-order valence-electron chi connectivity index (χ3n) is 4.58. The molecule has 0 spiro atoms. The fraction of sp³-hybridized carbons (Fsp3) is 0.647. The molecule has 0 radical (unpaired) electrons. The Kier molecular flexibility index (Phi) is 6.15. The van der Waals surface area contributed by atoms with Crippen LogP contribution in [0.1, 0.15) is 50.8 Å². The van der Waals surface area contributed by atoms with Crippen molar-refractivity contribution < 1.29 is 4.39 Å². The van der Waals surface area contributed by atoms with Gasteiger partial charge in [0, 0.05) is 5.54 Å². The molecule has 0 saturated heterocycles. The van der Waals surface area contributed by atoms with Crippen LogP contribution in [0, 0.1) is 12.7 Å². The van der Waals surface area contributed by atoms with Gasteiger partial charge >= 0.3 is 0 Å². The summed E-state index contributed by atoms with van der Waals surface area (Å²) in [6, 6.07) is 5.68. The maximum absolute atomic E-state index is 13.5. The second-order valence-corrected chi connectivity index (χ2v) is 5.70. The van der Waals surface area contributed by atoms with Crippen molar-refractivity contribution in [2.75, 3.05) is 20.6 Å². The van der Waals surface area contributed by atoms with Gasteiger partial charge in [0.15, 0.2) is 0 Å². The van der Waals surface area contributed by atoms with E-state index in [4.69, 9.17) is 0 Å². The molecule has 1 aromatic rings. The monoisotopic (exact) mass is 280 g/mol. The molecule has 1 rings (SSSR count). The van der Waals surface area contributed by atoms with Crippen LogP contribution in [0.2, 0.25) is 0 Å². The maximum Gasteiger partial charge on any atom is 0.126 e. The largest absolute Gasteiger partial charge is 0.309 e. The molecule has 3 heteroatoms. The van der Waals surface area contributed by atoms with Gasteiger partial charge in [0.05, 0.1) is 6.04 Å². The predicted molar refractivity (Wildman–Crippen MR) is 84.6 cm³/mol. The van der Waals surface area contributed by atoms with Gasteiger partial charge in [0.2, 0.25) is 0 Å². The summed E-state index contributed by atoms with van der Waals surface area (Å²) in [5.74, 6) is -0.132. The van der Waals surface area contributed by atoms with Crippen LogP contribution in [0.15, 0.2) is 18.2 Å². The molecule has 0 saturated carbocycles. The smallest absolute Gasteiger partial charge is 0.126 e. The molecule has 1 aromatic carbocycles. The van der Waals surface area contributed by atoms with E-state index in [1.165, 1.54) is 5.56 Å². The van der Waals surface area contributed by atoms with Gasteiger partial charge in [-0.3, -0.25) is 0 Å². The van der Waals surface area contributed by atoms with Crippen molar-refractivity contribution in [1.29, 1.82) is 0 Å². The van der Waals surface area contributed by atoms with E-state index in [1.54, 1.807) is 6.07 Å². The number of likely N-dealkylation sites (N-methyl/N-ethyl adjacent to an activating group) is 2. The van der Waals surface area contributed by atoms with E-state index >= 15 is 0 Å². The van der Waals surface area contributed by atoms with E-state index in [0.717, 1.165) is 19.4 Å². The Balaban J connectivity index is 3.30. The molecule has 0 aromatic heterocycles. The molecule has 0 aliphatic heterocycles. The summed E-state index contributed by atoms with van der Waals surface area (Å²) in [5.41, 5.74) is 1.92. The number of rotatable bonds is 7. The number of hydrogen-bond donors (Lipinski definition) is 1. The second kappa shape index (κ2) is 7.19. The third kappa shape index (κ3) is 3.21. The molecule has 20 heavy (non-hydrogen) atoms. The number of benzene rings is 1. The van der Waals surface area contributed by atoms with Gasteiger partial charge in [0.25, 0.3) is 0 Å². The fourth-order valence-electron chi connectivity index (χ4n) is 3.22. The molecule has 114 valence electrons. The van der Waals surface area contributed by atoms with Crippen LogP contribution in [0.4, 0.5) is 4.39 Å². The van der Waals surface area contributed by atoms with E-state index < -0.39 is 0 Å². The first-order chi connectivity index (χ1) is 9.42. The molecule has 2 nitrogen and oxygen atoms in total. The first kappa shape index (κ1) is 17.1. The van der Waals surface area contributed by atoms with Crippen LogP contribution < -0.4 is 5.32 Å². The highest BCUT2D eigenvalue weighted by Gasteiger charge is 2.38. The highest BCUT2D eigenvalue weighted by atomic mass is 19.1. The summed E-state index contributed by atoms with van der Waals surface area (Å²) in [6.45, 7) is 9.30. The molecule has 1 atom stereocenters. The summed E-state index contributed by atoms with van der Waals surface area (Å²) in [7, 11) is 4.27. The summed E-state index contributed by atoms with van der Waals surface area (Å²) in [6.07, 6.45) is 2.09. The summed E-state index contributed by atoms with van der Waals surface area (Å²) in [5, 5.41) is 3.61. The lowest BCUT2D eigenvalue weighted by atomic mass is 9.79. The lowest BCUT2D eigenvalue weighted by Gasteiger charge is -2.46. The Hall–Kier alpha value is -0.930. The van der Waals surface area contributed by atoms with Crippen molar-refractivity contribution >= 4 is 0 Å². The minimum atomic E-state index is -0.132. The Labute approximate surface area is 123 Å². The maximum atomic E-state index is 13.5. The molecule has 0 aliphatic carbocycles. The highest BCUT2D eigenvalue weighted by molar-refractivity contribution is 5.29. The molecule has 1 N–H and O–H groups in total. The first-order valence-corrected chi connectivity index (χ1v) is 7.59. The lowest BCUT2D eigenvalue weighted by Crippen LogP contribution is -2.53. The molecule has 1 unspecified atom stereocenters. The van der Waals surface area contributed by atoms with Crippen molar-refractivity contribution in [1.82, 2.24) is 10.2 Å². The molecule has 0 amide bonds. The van der Waals surface area contributed by atoms with Gasteiger partial charge in [-0.15, -0.1) is 0 Å². The molecule has 0 aliphatic rings. The molecular formula is C17H29FN2. The number of nitrogens with one attached hydrogen (secondary N) is 1. The van der Waals surface area contributed by atoms with Crippen LogP contribution in [0.25, 0.3) is 0 Å². The summed E-state index contributed by atoms with van der Waals surface area (Å²) < 4.78 is 13.5. The van der Waals surface area contributed by atoms with E-state index in [9.17, 15) is 4.39 Å². The number of nitrogens with zero attached hydrogens (tertiary/aromatic N) is 1. The molecule has 0 bridgehead atoms. The zero-order valence-corrected chi connectivity index (χ0v) is 13.8. The van der Waals surface area contributed by atoms with Crippen LogP contribution >= 0.6 is 0 Å². The Bertz CT molecular complexity index is 425.